The predicted molar refractivity (Wildman–Crippen MR) is 141 cm³/mol. The smallest absolute Gasteiger partial charge is 0.239 e. The zero-order chi connectivity index (χ0) is 25.8. The van der Waals surface area contributed by atoms with Gasteiger partial charge in [0.05, 0.1) is 43.2 Å². The summed E-state index contributed by atoms with van der Waals surface area (Å²) in [4.78, 5) is 15.2. The van der Waals surface area contributed by atoms with E-state index in [9.17, 15) is 8.42 Å². The van der Waals surface area contributed by atoms with Crippen LogP contribution in [-0.4, -0.2) is 74.4 Å². The topological polar surface area (TPSA) is 142 Å². The summed E-state index contributed by atoms with van der Waals surface area (Å²) in [5, 5.41) is 3.19. The van der Waals surface area contributed by atoms with Crippen molar-refractivity contribution >= 4 is 32.8 Å². The summed E-state index contributed by atoms with van der Waals surface area (Å²) in [5.74, 6) is 2.39. The van der Waals surface area contributed by atoms with Crippen LogP contribution >= 0.6 is 0 Å². The third-order valence-electron chi connectivity index (χ3n) is 6.41. The van der Waals surface area contributed by atoms with Gasteiger partial charge in [-0.3, -0.25) is 0 Å². The molecule has 3 N–H and O–H groups in total. The molecule has 2 aliphatic heterocycles. The first-order valence-corrected chi connectivity index (χ1v) is 14.0. The van der Waals surface area contributed by atoms with Gasteiger partial charge < -0.3 is 30.2 Å². The van der Waals surface area contributed by atoms with Gasteiger partial charge in [-0.25, -0.2) is 18.4 Å². The molecule has 5 rings (SSSR count). The highest BCUT2D eigenvalue weighted by Gasteiger charge is 2.24. The van der Waals surface area contributed by atoms with Crippen molar-refractivity contribution in [3.05, 3.63) is 42.7 Å². The fraction of sp³-hybridized carbons (Fsp3) is 0.400. The van der Waals surface area contributed by atoms with E-state index in [4.69, 9.17) is 19.9 Å². The maximum Gasteiger partial charge on any atom is 0.239 e. The van der Waals surface area contributed by atoms with E-state index >= 15 is 0 Å². The number of methoxy groups -OCH3 is 1. The van der Waals surface area contributed by atoms with E-state index in [2.05, 4.69) is 20.3 Å². The van der Waals surface area contributed by atoms with E-state index in [-0.39, 0.29) is 17.6 Å². The van der Waals surface area contributed by atoms with Crippen LogP contribution in [0.1, 0.15) is 12.8 Å². The van der Waals surface area contributed by atoms with Crippen molar-refractivity contribution in [3.63, 3.8) is 0 Å². The second-order valence-electron chi connectivity index (χ2n) is 8.96. The molecule has 0 atom stereocenters. The first-order chi connectivity index (χ1) is 17.9. The number of sulfone groups is 1. The maximum atomic E-state index is 11.8. The highest BCUT2D eigenvalue weighted by Crippen LogP contribution is 2.32. The minimum absolute atomic E-state index is 0.107. The Bertz CT molecular complexity index is 1350. The highest BCUT2D eigenvalue weighted by atomic mass is 32.2. The number of rotatable bonds is 7. The Kier molecular flexibility index (Phi) is 7.28. The maximum absolute atomic E-state index is 11.8. The number of nitrogens with zero attached hydrogens (tertiary/aromatic N) is 4. The van der Waals surface area contributed by atoms with Gasteiger partial charge in [0.25, 0.3) is 0 Å². The minimum atomic E-state index is -2.98. The first-order valence-electron chi connectivity index (χ1n) is 12.1. The van der Waals surface area contributed by atoms with E-state index in [1.165, 1.54) is 6.33 Å². The molecule has 2 aromatic heterocycles. The Morgan fingerprint density at radius 2 is 1.84 bits per heavy atom. The Balaban J connectivity index is 1.30. The molecule has 2 aliphatic rings. The van der Waals surface area contributed by atoms with Gasteiger partial charge in [0.15, 0.2) is 9.84 Å². The molecule has 1 aromatic carbocycles. The lowest BCUT2D eigenvalue weighted by atomic mass is 10.1. The lowest BCUT2D eigenvalue weighted by Crippen LogP contribution is -2.40. The van der Waals surface area contributed by atoms with E-state index in [0.29, 0.717) is 60.9 Å². The van der Waals surface area contributed by atoms with Gasteiger partial charge >= 0.3 is 0 Å². The SMILES string of the molecule is COc1nc(Nc2cc(-c3ccc(OC4CCOCC4)c(N)c3)ncn2)ccc1N1CCS(=O)(=O)CC1. The first kappa shape index (κ1) is 25.0. The Hall–Kier alpha value is -3.64. The van der Waals surface area contributed by atoms with Crippen LogP contribution in [0.25, 0.3) is 11.3 Å². The molecule has 12 heteroatoms. The minimum Gasteiger partial charge on any atom is -0.488 e. The summed E-state index contributed by atoms with van der Waals surface area (Å²) in [7, 11) is -1.44. The van der Waals surface area contributed by atoms with Crippen LogP contribution in [-0.2, 0) is 14.6 Å². The van der Waals surface area contributed by atoms with Gasteiger partial charge in [-0.15, -0.1) is 0 Å². The van der Waals surface area contributed by atoms with Crippen LogP contribution in [0.3, 0.4) is 0 Å². The Morgan fingerprint density at radius 1 is 1.05 bits per heavy atom. The number of nitrogen functional groups attached to an aromatic ring is 1. The van der Waals surface area contributed by atoms with Crippen LogP contribution in [0.5, 0.6) is 11.6 Å². The molecular weight excluding hydrogens is 496 g/mol. The third kappa shape index (κ3) is 6.03. The number of aromatic nitrogens is 3. The van der Waals surface area contributed by atoms with Gasteiger partial charge in [0.2, 0.25) is 5.88 Å². The van der Waals surface area contributed by atoms with Gasteiger partial charge in [-0.2, -0.15) is 4.98 Å². The molecule has 0 aliphatic carbocycles. The lowest BCUT2D eigenvalue weighted by Gasteiger charge is -2.29. The molecule has 0 spiro atoms. The van der Waals surface area contributed by atoms with E-state index in [0.717, 1.165) is 24.1 Å². The van der Waals surface area contributed by atoms with E-state index < -0.39 is 9.84 Å². The average molecular weight is 527 g/mol. The molecule has 0 saturated carbocycles. The van der Waals surface area contributed by atoms with Crippen molar-refractivity contribution in [2.45, 2.75) is 18.9 Å². The zero-order valence-corrected chi connectivity index (χ0v) is 21.4. The van der Waals surface area contributed by atoms with Crippen LogP contribution < -0.4 is 25.4 Å². The summed E-state index contributed by atoms with van der Waals surface area (Å²) in [6.07, 6.45) is 3.28. The second kappa shape index (κ2) is 10.8. The van der Waals surface area contributed by atoms with Crippen LogP contribution in [0, 0.1) is 0 Å². The Labute approximate surface area is 215 Å². The van der Waals surface area contributed by atoms with Crippen molar-refractivity contribution in [2.24, 2.45) is 0 Å². The number of nitrogens with one attached hydrogen (secondary N) is 1. The summed E-state index contributed by atoms with van der Waals surface area (Å²) in [6, 6.07) is 11.1. The molecule has 3 aromatic rings. The molecule has 37 heavy (non-hydrogen) atoms. The predicted octanol–water partition coefficient (Wildman–Crippen LogP) is 2.67. The number of hydrogen-bond acceptors (Lipinski definition) is 11. The summed E-state index contributed by atoms with van der Waals surface area (Å²) >= 11 is 0. The molecule has 0 amide bonds. The normalized spacial score (nSPS) is 17.8. The van der Waals surface area contributed by atoms with E-state index in [1.807, 2.05) is 41.3 Å². The van der Waals surface area contributed by atoms with Crippen molar-refractivity contribution < 1.29 is 22.6 Å². The molecular formula is C25H30N6O5S. The fourth-order valence-electron chi connectivity index (χ4n) is 4.35. The summed E-state index contributed by atoms with van der Waals surface area (Å²) < 4.78 is 40.5. The van der Waals surface area contributed by atoms with Gasteiger partial charge in [0, 0.05) is 37.6 Å². The summed E-state index contributed by atoms with van der Waals surface area (Å²) in [6.45, 7) is 2.21. The van der Waals surface area contributed by atoms with Crippen molar-refractivity contribution in [1.82, 2.24) is 15.0 Å². The van der Waals surface area contributed by atoms with Crippen LogP contribution in [0.4, 0.5) is 23.0 Å². The third-order valence-corrected chi connectivity index (χ3v) is 8.02. The quantitative estimate of drug-likeness (QED) is 0.439. The van der Waals surface area contributed by atoms with Crippen LogP contribution in [0.2, 0.25) is 0 Å². The second-order valence-corrected chi connectivity index (χ2v) is 11.3. The Morgan fingerprint density at radius 3 is 2.57 bits per heavy atom. The number of anilines is 4. The highest BCUT2D eigenvalue weighted by molar-refractivity contribution is 7.91. The molecule has 11 nitrogen and oxygen atoms in total. The van der Waals surface area contributed by atoms with Crippen molar-refractivity contribution in [1.29, 1.82) is 0 Å². The lowest BCUT2D eigenvalue weighted by molar-refractivity contribution is 0.0259. The average Bonchev–Trinajstić information content (AvgIpc) is 2.91. The number of pyridine rings is 1. The number of hydrogen-bond donors (Lipinski definition) is 2. The van der Waals surface area contributed by atoms with Crippen molar-refractivity contribution in [3.8, 4) is 22.9 Å². The van der Waals surface area contributed by atoms with Gasteiger partial charge in [0.1, 0.15) is 35.5 Å². The number of ether oxygens (including phenoxy) is 3. The molecule has 2 saturated heterocycles. The molecule has 0 unspecified atom stereocenters. The van der Waals surface area contributed by atoms with E-state index in [1.54, 1.807) is 7.11 Å². The molecule has 196 valence electrons. The number of nitrogens with two attached hydrogens (primary N) is 1. The van der Waals surface area contributed by atoms with Crippen molar-refractivity contribution in [2.75, 3.05) is 60.9 Å². The molecule has 4 heterocycles. The number of benzene rings is 1. The summed E-state index contributed by atoms with van der Waals surface area (Å²) in [5.41, 5.74) is 9.11. The standard InChI is InChI=1S/C25H30N6O5S/c1-34-25-21(31-8-12-37(32,33)13-9-31)3-5-23(30-25)29-24-15-20(27-16-28-24)17-2-4-22(19(26)14-17)36-18-6-10-35-11-7-18/h2-5,14-16,18H,6-13,26H2,1H3,(H,27,28,29,30). The largest absolute Gasteiger partial charge is 0.488 e. The van der Waals surface area contributed by atoms with Crippen LogP contribution in [0.15, 0.2) is 42.7 Å². The monoisotopic (exact) mass is 526 g/mol. The van der Waals surface area contributed by atoms with Gasteiger partial charge in [-0.1, -0.05) is 0 Å². The molecule has 0 radical (unpaired) electrons. The molecule has 2 fully saturated rings. The molecule has 0 bridgehead atoms. The van der Waals surface area contributed by atoms with Gasteiger partial charge in [-0.05, 0) is 30.3 Å². The fourth-order valence-corrected chi connectivity index (χ4v) is 5.55. The zero-order valence-electron chi connectivity index (χ0n) is 20.6.